The first-order valence-electron chi connectivity index (χ1n) is 15.1. The van der Waals surface area contributed by atoms with Crippen molar-refractivity contribution in [3.05, 3.63) is 191 Å². The van der Waals surface area contributed by atoms with Gasteiger partial charge in [-0.2, -0.15) is 0 Å². The van der Waals surface area contributed by atoms with Crippen LogP contribution in [0.5, 0.6) is 0 Å². The molecule has 2 heterocycles. The largest absolute Gasteiger partial charge is 1.00 e. The number of hydrogen-bond donors (Lipinski definition) is 0. The minimum atomic E-state index is -0.0392. The van der Waals surface area contributed by atoms with Crippen molar-refractivity contribution in [2.45, 2.75) is 32.1 Å². The van der Waals surface area contributed by atoms with E-state index in [9.17, 15) is 0 Å². The maximum absolute atomic E-state index is 7.12. The van der Waals surface area contributed by atoms with E-state index in [4.69, 9.17) is 12.8 Å². The Kier molecular flexibility index (Phi) is 12.2. The summed E-state index contributed by atoms with van der Waals surface area (Å²) in [6, 6.07) is 37.3. The normalized spacial score (nSPS) is 11.1. The van der Waals surface area contributed by atoms with Crippen LogP contribution in [0.25, 0.3) is 22.3 Å². The van der Waals surface area contributed by atoms with Gasteiger partial charge in [-0.15, -0.1) is 35.4 Å². The average molecular weight is 971 g/mol. The van der Waals surface area contributed by atoms with Crippen molar-refractivity contribution in [3.8, 4) is 34.1 Å². The van der Waals surface area contributed by atoms with E-state index >= 15 is 0 Å². The second-order valence-electron chi connectivity index (χ2n) is 11.8. The molecule has 0 unspecified atom stereocenters. The van der Waals surface area contributed by atoms with E-state index in [-0.39, 0.29) is 50.2 Å². The van der Waals surface area contributed by atoms with Gasteiger partial charge in [-0.05, 0) is 69.5 Å². The zero-order valence-corrected chi connectivity index (χ0v) is 30.4. The van der Waals surface area contributed by atoms with Crippen molar-refractivity contribution in [2.24, 2.45) is 0 Å². The molecule has 2 aliphatic carbocycles. The van der Waals surface area contributed by atoms with Gasteiger partial charge in [0.25, 0.3) is 0 Å². The number of hydrogen-bond acceptors (Lipinski definition) is 2. The Balaban J connectivity index is 0.000000156. The number of fused-ring (bicyclic) bond motifs is 6. The predicted octanol–water partition coefficient (Wildman–Crippen LogP) is 9.19. The van der Waals surface area contributed by atoms with E-state index in [1.54, 1.807) is 12.4 Å². The van der Waals surface area contributed by atoms with Crippen LogP contribution in [-0.4, -0.2) is 9.97 Å². The Morgan fingerprint density at radius 1 is 0.511 bits per heavy atom. The van der Waals surface area contributed by atoms with Crippen LogP contribution in [0, 0.1) is 24.7 Å². The minimum absolute atomic E-state index is 0. The molecule has 0 saturated heterocycles. The molecule has 4 aromatic carbocycles. The van der Waals surface area contributed by atoms with E-state index < -0.39 is 0 Å². The Hall–Kier alpha value is -4.22. The van der Waals surface area contributed by atoms with Crippen molar-refractivity contribution < 1.29 is 44.8 Å². The molecule has 0 spiro atoms. The van der Waals surface area contributed by atoms with Crippen LogP contribution in [0.4, 0.5) is 0 Å². The predicted molar refractivity (Wildman–Crippen MR) is 182 cm³/mol. The molecule has 0 aliphatic heterocycles. The van der Waals surface area contributed by atoms with Crippen LogP contribution < -0.4 is 0 Å². The Morgan fingerprint density at radius 3 is 1.30 bits per heavy atom. The molecule has 6 aromatic rings. The Bertz CT molecular complexity index is 1900. The standard InChI is InChI=1S/2C15H9.C13H14N2.2Au/c2*1-2-11-7-8-15-13(9-11)10-12-5-3-4-6-14(12)15;1-13(2,11-5-3-7-14-9-11)12-6-4-8-15-10-12;;/h2*3-9H,10H2;3-10H,1-2H3;;/q2*-1;;2*+1. The number of rotatable bonds is 2. The van der Waals surface area contributed by atoms with Gasteiger partial charge in [-0.1, -0.05) is 97.8 Å². The van der Waals surface area contributed by atoms with E-state index in [1.807, 2.05) is 36.7 Å². The molecule has 47 heavy (non-hydrogen) atoms. The molecule has 2 aromatic heterocycles. The van der Waals surface area contributed by atoms with Crippen molar-refractivity contribution >= 4 is 0 Å². The molecule has 2 aliphatic rings. The summed E-state index contributed by atoms with van der Waals surface area (Å²) in [5, 5.41) is 0. The first kappa shape index (κ1) is 35.6. The van der Waals surface area contributed by atoms with Crippen molar-refractivity contribution in [2.75, 3.05) is 0 Å². The van der Waals surface area contributed by atoms with Crippen LogP contribution in [0.3, 0.4) is 0 Å². The minimum Gasteiger partial charge on any atom is -0.366 e. The van der Waals surface area contributed by atoms with Gasteiger partial charge in [0.1, 0.15) is 0 Å². The molecule has 2 nitrogen and oxygen atoms in total. The summed E-state index contributed by atoms with van der Waals surface area (Å²) in [6.07, 6.45) is 23.6. The fraction of sp³-hybridized carbons (Fsp3) is 0.116. The average Bonchev–Trinajstić information content (AvgIpc) is 3.67. The van der Waals surface area contributed by atoms with E-state index in [2.05, 4.69) is 121 Å². The van der Waals surface area contributed by atoms with Crippen LogP contribution in [0.15, 0.2) is 134 Å². The second kappa shape index (κ2) is 16.1. The summed E-state index contributed by atoms with van der Waals surface area (Å²) in [4.78, 5) is 8.31. The maximum atomic E-state index is 7.12. The first-order chi connectivity index (χ1) is 22.0. The van der Waals surface area contributed by atoms with Gasteiger partial charge in [-0.25, -0.2) is 0 Å². The summed E-state index contributed by atoms with van der Waals surface area (Å²) >= 11 is 0. The quantitative estimate of drug-likeness (QED) is 0.0983. The molecule has 0 fully saturated rings. The third-order valence-corrected chi connectivity index (χ3v) is 8.64. The number of nitrogens with zero attached hydrogens (tertiary/aromatic N) is 2. The monoisotopic (exact) mass is 970 g/mol. The number of aromatic nitrogens is 2. The molecule has 0 amide bonds. The van der Waals surface area contributed by atoms with E-state index in [0.717, 1.165) is 24.0 Å². The van der Waals surface area contributed by atoms with E-state index in [1.165, 1.54) is 55.6 Å². The Morgan fingerprint density at radius 2 is 0.915 bits per heavy atom. The zero-order chi connectivity index (χ0) is 31.2. The van der Waals surface area contributed by atoms with Crippen LogP contribution >= 0.6 is 0 Å². The van der Waals surface area contributed by atoms with Crippen LogP contribution in [0.2, 0.25) is 0 Å². The molecule has 0 saturated carbocycles. The molecule has 8 rings (SSSR count). The molecular formula is C43H32Au2N2. The number of pyridine rings is 2. The van der Waals surface area contributed by atoms with Crippen molar-refractivity contribution in [1.29, 1.82) is 0 Å². The van der Waals surface area contributed by atoms with Gasteiger partial charge in [0.05, 0.1) is 0 Å². The number of benzene rings is 4. The fourth-order valence-electron chi connectivity index (χ4n) is 6.08. The second-order valence-corrected chi connectivity index (χ2v) is 11.8. The third-order valence-electron chi connectivity index (χ3n) is 8.64. The van der Waals surface area contributed by atoms with Gasteiger partial charge in [0.2, 0.25) is 0 Å². The molecule has 0 radical (unpaired) electrons. The van der Waals surface area contributed by atoms with Crippen LogP contribution in [0.1, 0.15) is 58.4 Å². The van der Waals surface area contributed by atoms with Gasteiger partial charge in [-0.3, -0.25) is 21.8 Å². The first-order valence-corrected chi connectivity index (χ1v) is 15.1. The Labute approximate surface area is 310 Å². The fourth-order valence-corrected chi connectivity index (χ4v) is 6.08. The zero-order valence-electron chi connectivity index (χ0n) is 26.1. The topological polar surface area (TPSA) is 25.8 Å². The van der Waals surface area contributed by atoms with Crippen molar-refractivity contribution in [1.82, 2.24) is 9.97 Å². The summed E-state index contributed by atoms with van der Waals surface area (Å²) in [6.45, 7) is 4.36. The van der Waals surface area contributed by atoms with Gasteiger partial charge in [0.15, 0.2) is 0 Å². The van der Waals surface area contributed by atoms with Gasteiger partial charge < -0.3 is 12.8 Å². The summed E-state index contributed by atoms with van der Waals surface area (Å²) < 4.78 is 0. The molecule has 4 heteroatoms. The van der Waals surface area contributed by atoms with E-state index in [0.29, 0.717) is 0 Å². The molecule has 236 valence electrons. The summed E-state index contributed by atoms with van der Waals surface area (Å²) in [5.74, 6) is 4.87. The molecule has 0 N–H and O–H groups in total. The smallest absolute Gasteiger partial charge is 0.366 e. The third kappa shape index (κ3) is 7.85. The van der Waals surface area contributed by atoms with Crippen LogP contribution in [-0.2, 0) is 63.0 Å². The maximum Gasteiger partial charge on any atom is 1.00 e. The molecule has 0 atom stereocenters. The van der Waals surface area contributed by atoms with Gasteiger partial charge >= 0.3 is 44.8 Å². The summed E-state index contributed by atoms with van der Waals surface area (Å²) in [7, 11) is 0. The van der Waals surface area contributed by atoms with Gasteiger partial charge in [0, 0.05) is 30.2 Å². The summed E-state index contributed by atoms with van der Waals surface area (Å²) in [5.41, 5.74) is 14.8. The van der Waals surface area contributed by atoms with Crippen molar-refractivity contribution in [3.63, 3.8) is 0 Å². The molecule has 0 bridgehead atoms. The molecular weight excluding hydrogens is 938 g/mol. The SMILES string of the molecule is CC(C)(c1cccnc1)c1cccnc1.[Au+].[Au+].[C-]#Cc1ccc2c(c1)Cc1ccccc1-2.[C-]#Cc1ccc2c(c1)Cc1ccccc1-2.